The number of piperazine rings is 1. The minimum atomic E-state index is -1.77. The summed E-state index contributed by atoms with van der Waals surface area (Å²) in [6.07, 6.45) is 3.52. The Morgan fingerprint density at radius 3 is 2.38 bits per heavy atom. The van der Waals surface area contributed by atoms with Gasteiger partial charge in [-0.25, -0.2) is 9.78 Å². The van der Waals surface area contributed by atoms with E-state index in [1.165, 1.54) is 0 Å². The quantitative estimate of drug-likeness (QED) is 0.390. The maximum absolute atomic E-state index is 12.5. The van der Waals surface area contributed by atoms with Crippen molar-refractivity contribution in [2.45, 2.75) is 72.0 Å². The van der Waals surface area contributed by atoms with E-state index in [0.29, 0.717) is 18.0 Å². The number of nitrogens with zero attached hydrogens (tertiary/aromatic N) is 4. The Balaban J connectivity index is 1.53. The molecule has 0 saturated carbocycles. The molecular weight excluding hydrogens is 444 g/mol. The number of pyridine rings is 2. The molecule has 0 N–H and O–H groups in total. The molecule has 0 amide bonds. The summed E-state index contributed by atoms with van der Waals surface area (Å²) in [5.74, 6) is 0.388. The number of carbonyl (C=O) groups is 1. The van der Waals surface area contributed by atoms with Gasteiger partial charge in [0.05, 0.1) is 18.4 Å². The number of hydrogen-bond acceptors (Lipinski definition) is 7. The van der Waals surface area contributed by atoms with Crippen molar-refractivity contribution in [1.82, 2.24) is 14.9 Å². The highest BCUT2D eigenvalue weighted by molar-refractivity contribution is 6.74. The lowest BCUT2D eigenvalue weighted by atomic mass is 10.2. The van der Waals surface area contributed by atoms with Gasteiger partial charge in [-0.3, -0.25) is 9.88 Å². The highest BCUT2D eigenvalue weighted by atomic mass is 28.4. The molecule has 0 unspecified atom stereocenters. The predicted octanol–water partition coefficient (Wildman–Crippen LogP) is 4.89. The van der Waals surface area contributed by atoms with E-state index in [2.05, 4.69) is 65.8 Å². The Morgan fingerprint density at radius 2 is 1.79 bits per heavy atom. The molecule has 34 heavy (non-hydrogen) atoms. The molecule has 186 valence electrons. The third-order valence-electron chi connectivity index (χ3n) is 6.70. The van der Waals surface area contributed by atoms with Crippen molar-refractivity contribution in [2.75, 3.05) is 31.1 Å². The molecule has 0 spiro atoms. The number of carbonyl (C=O) groups excluding carboxylic acids is 1. The van der Waals surface area contributed by atoms with Crippen LogP contribution in [0.3, 0.4) is 0 Å². The smallest absolute Gasteiger partial charge is 0.342 e. The fourth-order valence-corrected chi connectivity index (χ4v) is 4.51. The highest BCUT2D eigenvalue weighted by Gasteiger charge is 2.37. The van der Waals surface area contributed by atoms with Gasteiger partial charge < -0.3 is 14.1 Å². The van der Waals surface area contributed by atoms with E-state index >= 15 is 0 Å². The third kappa shape index (κ3) is 6.87. The van der Waals surface area contributed by atoms with Crippen LogP contribution >= 0.6 is 0 Å². The van der Waals surface area contributed by atoms with E-state index in [1.807, 2.05) is 20.0 Å². The van der Waals surface area contributed by atoms with E-state index in [-0.39, 0.29) is 17.1 Å². The van der Waals surface area contributed by atoms with Crippen LogP contribution < -0.4 is 4.90 Å². The molecular formula is C26H40N4O3Si. The zero-order valence-electron chi connectivity index (χ0n) is 21.8. The lowest BCUT2D eigenvalue weighted by Crippen LogP contribution is -2.46. The largest absolute Gasteiger partial charge is 0.459 e. The molecule has 8 heteroatoms. The molecule has 1 aliphatic rings. The van der Waals surface area contributed by atoms with E-state index in [1.54, 1.807) is 18.3 Å². The van der Waals surface area contributed by atoms with E-state index in [0.717, 1.165) is 44.0 Å². The normalized spacial score (nSPS) is 15.6. The second-order valence-electron chi connectivity index (χ2n) is 10.8. The molecule has 7 nitrogen and oxygen atoms in total. The number of rotatable bonds is 8. The molecule has 3 heterocycles. The second kappa shape index (κ2) is 11.0. The maximum Gasteiger partial charge on any atom is 0.342 e. The van der Waals surface area contributed by atoms with Crippen LogP contribution in [-0.2, 0) is 22.3 Å². The van der Waals surface area contributed by atoms with Gasteiger partial charge in [-0.2, -0.15) is 0 Å². The summed E-state index contributed by atoms with van der Waals surface area (Å²) in [6, 6.07) is 7.81. The van der Waals surface area contributed by atoms with Crippen LogP contribution in [0.15, 0.2) is 36.7 Å². The average molecular weight is 485 g/mol. The standard InChI is InChI=1S/C26H40N4O3Si/c1-20(2)33-25(31)23-9-8-12-27-24(23)30-15-13-29(14-16-30)18-22-11-10-21(17-28-22)19-32-34(6,7)26(3,4)5/h8-12,17,20H,13-16,18-19H2,1-7H3. The van der Waals surface area contributed by atoms with Gasteiger partial charge >= 0.3 is 5.97 Å². The van der Waals surface area contributed by atoms with Gasteiger partial charge in [-0.05, 0) is 55.7 Å². The molecule has 1 aliphatic heterocycles. The van der Waals surface area contributed by atoms with Gasteiger partial charge in [0.25, 0.3) is 0 Å². The van der Waals surface area contributed by atoms with Crippen molar-refractivity contribution in [2.24, 2.45) is 0 Å². The van der Waals surface area contributed by atoms with E-state index in [4.69, 9.17) is 9.16 Å². The fourth-order valence-electron chi connectivity index (χ4n) is 3.55. The van der Waals surface area contributed by atoms with Crippen molar-refractivity contribution in [3.63, 3.8) is 0 Å². The van der Waals surface area contributed by atoms with Gasteiger partial charge in [0.1, 0.15) is 11.4 Å². The minimum Gasteiger partial charge on any atom is -0.459 e. The summed E-state index contributed by atoms with van der Waals surface area (Å²) in [5, 5.41) is 0.202. The average Bonchev–Trinajstić information content (AvgIpc) is 2.78. The first kappa shape index (κ1) is 26.3. The Hall–Kier alpha value is -2.29. The first-order chi connectivity index (χ1) is 16.0. The molecule has 1 saturated heterocycles. The lowest BCUT2D eigenvalue weighted by Gasteiger charge is -2.36. The summed E-state index contributed by atoms with van der Waals surface area (Å²) >= 11 is 0. The summed E-state index contributed by atoms with van der Waals surface area (Å²) in [5.41, 5.74) is 2.71. The van der Waals surface area contributed by atoms with Crippen LogP contribution in [0.1, 0.15) is 56.2 Å². The molecule has 0 bridgehead atoms. The van der Waals surface area contributed by atoms with Crippen LogP contribution in [0.4, 0.5) is 5.82 Å². The lowest BCUT2D eigenvalue weighted by molar-refractivity contribution is 0.0378. The first-order valence-corrected chi connectivity index (χ1v) is 15.1. The van der Waals surface area contributed by atoms with E-state index in [9.17, 15) is 4.79 Å². The zero-order valence-corrected chi connectivity index (χ0v) is 22.8. The fraction of sp³-hybridized carbons (Fsp3) is 0.577. The minimum absolute atomic E-state index is 0.157. The number of esters is 1. The van der Waals surface area contributed by atoms with Crippen LogP contribution in [-0.4, -0.2) is 61.4 Å². The topological polar surface area (TPSA) is 67.8 Å². The number of aromatic nitrogens is 2. The molecule has 2 aromatic rings. The van der Waals surface area contributed by atoms with Crippen molar-refractivity contribution in [1.29, 1.82) is 0 Å². The van der Waals surface area contributed by atoms with Gasteiger partial charge in [0.15, 0.2) is 8.32 Å². The molecule has 0 atom stereocenters. The second-order valence-corrected chi connectivity index (χ2v) is 15.6. The summed E-state index contributed by atoms with van der Waals surface area (Å²) in [4.78, 5) is 26.2. The summed E-state index contributed by atoms with van der Waals surface area (Å²) in [6.45, 7) is 19.8. The molecule has 0 aromatic carbocycles. The van der Waals surface area contributed by atoms with Crippen molar-refractivity contribution in [3.05, 3.63) is 53.5 Å². The Bertz CT molecular complexity index is 949. The molecule has 1 fully saturated rings. The number of hydrogen-bond donors (Lipinski definition) is 0. The number of ether oxygens (including phenoxy) is 1. The molecule has 0 aliphatic carbocycles. The van der Waals surface area contributed by atoms with Crippen molar-refractivity contribution < 1.29 is 14.0 Å². The van der Waals surface area contributed by atoms with Crippen molar-refractivity contribution >= 4 is 20.1 Å². The van der Waals surface area contributed by atoms with Crippen LogP contribution in [0, 0.1) is 0 Å². The van der Waals surface area contributed by atoms with Crippen LogP contribution in [0.2, 0.25) is 18.1 Å². The third-order valence-corrected chi connectivity index (χ3v) is 11.2. The predicted molar refractivity (Wildman–Crippen MR) is 139 cm³/mol. The van der Waals surface area contributed by atoms with Crippen molar-refractivity contribution in [3.8, 4) is 0 Å². The Morgan fingerprint density at radius 1 is 1.09 bits per heavy atom. The first-order valence-electron chi connectivity index (χ1n) is 12.2. The molecule has 0 radical (unpaired) electrons. The van der Waals surface area contributed by atoms with Gasteiger partial charge in [-0.15, -0.1) is 0 Å². The Kier molecular flexibility index (Phi) is 8.49. The summed E-state index contributed by atoms with van der Waals surface area (Å²) < 4.78 is 11.7. The zero-order chi connectivity index (χ0) is 24.9. The van der Waals surface area contributed by atoms with Gasteiger partial charge in [-0.1, -0.05) is 26.8 Å². The maximum atomic E-state index is 12.5. The van der Waals surface area contributed by atoms with Crippen LogP contribution in [0.25, 0.3) is 0 Å². The number of anilines is 1. The SMILES string of the molecule is CC(C)OC(=O)c1cccnc1N1CCN(Cc2ccc(CO[Si](C)(C)C(C)(C)C)cn2)CC1. The van der Waals surface area contributed by atoms with Crippen LogP contribution in [0.5, 0.6) is 0 Å². The van der Waals surface area contributed by atoms with Gasteiger partial charge in [0.2, 0.25) is 0 Å². The monoisotopic (exact) mass is 484 g/mol. The summed E-state index contributed by atoms with van der Waals surface area (Å²) in [7, 11) is -1.77. The molecule has 2 aromatic heterocycles. The van der Waals surface area contributed by atoms with E-state index < -0.39 is 8.32 Å². The van der Waals surface area contributed by atoms with Gasteiger partial charge in [0, 0.05) is 45.1 Å². The highest BCUT2D eigenvalue weighted by Crippen LogP contribution is 2.37. The molecule has 3 rings (SSSR count). The Labute approximate surface area is 205 Å².